The van der Waals surface area contributed by atoms with Crippen LogP contribution in [0.4, 0.5) is 5.69 Å². The van der Waals surface area contributed by atoms with Crippen molar-refractivity contribution < 1.29 is 14.4 Å². The Morgan fingerprint density at radius 2 is 1.94 bits per heavy atom. The van der Waals surface area contributed by atoms with E-state index in [0.29, 0.717) is 27.6 Å². The highest BCUT2D eigenvalue weighted by Gasteiger charge is 2.44. The maximum Gasteiger partial charge on any atom is 0.264 e. The maximum absolute atomic E-state index is 13.3. The standard InChI is InChI=1S/C24H18ClN3O3S/c25-18-4-1-3-16(13-18)10-11-27(24(31)21-5-2-12-32-21)20-14-22(29)28(23(20)30)19-8-6-17(15-26)7-9-19/h1-9,12-13,20H,10-11,14H2. The van der Waals surface area contributed by atoms with Gasteiger partial charge in [0.05, 0.1) is 28.6 Å². The second-order valence-corrected chi connectivity index (χ2v) is 8.69. The summed E-state index contributed by atoms with van der Waals surface area (Å²) >= 11 is 7.37. The number of hydrogen-bond donors (Lipinski definition) is 0. The number of nitriles is 1. The Balaban J connectivity index is 1.61. The number of rotatable bonds is 6. The second kappa shape index (κ2) is 9.35. The quantitative estimate of drug-likeness (QED) is 0.510. The molecule has 1 unspecified atom stereocenters. The van der Waals surface area contributed by atoms with Crippen molar-refractivity contribution in [1.29, 1.82) is 5.26 Å². The van der Waals surface area contributed by atoms with Crippen molar-refractivity contribution in [2.45, 2.75) is 18.9 Å². The molecule has 0 aliphatic carbocycles. The van der Waals surface area contributed by atoms with Crippen molar-refractivity contribution in [3.63, 3.8) is 0 Å². The molecule has 0 spiro atoms. The number of carbonyl (C=O) groups is 3. The normalized spacial score (nSPS) is 15.6. The van der Waals surface area contributed by atoms with Crippen molar-refractivity contribution in [1.82, 2.24) is 4.90 Å². The van der Waals surface area contributed by atoms with Gasteiger partial charge in [0, 0.05) is 11.6 Å². The number of anilines is 1. The summed E-state index contributed by atoms with van der Waals surface area (Å²) in [5.41, 5.74) is 1.75. The lowest BCUT2D eigenvalue weighted by Gasteiger charge is -2.27. The SMILES string of the molecule is N#Cc1ccc(N2C(=O)CC(N(CCc3cccc(Cl)c3)C(=O)c3cccs3)C2=O)cc1. The van der Waals surface area contributed by atoms with E-state index in [2.05, 4.69) is 0 Å². The van der Waals surface area contributed by atoms with Crippen LogP contribution >= 0.6 is 22.9 Å². The summed E-state index contributed by atoms with van der Waals surface area (Å²) in [6.07, 6.45) is 0.401. The van der Waals surface area contributed by atoms with Crippen molar-refractivity contribution in [3.8, 4) is 6.07 Å². The van der Waals surface area contributed by atoms with E-state index >= 15 is 0 Å². The molecule has 0 saturated carbocycles. The van der Waals surface area contributed by atoms with Crippen molar-refractivity contribution >= 4 is 46.3 Å². The number of nitrogens with zero attached hydrogens (tertiary/aromatic N) is 3. The molecule has 1 aromatic heterocycles. The summed E-state index contributed by atoms with van der Waals surface area (Å²) in [6.45, 7) is 0.266. The van der Waals surface area contributed by atoms with Gasteiger partial charge < -0.3 is 4.90 Å². The first-order chi connectivity index (χ1) is 15.5. The molecule has 1 saturated heterocycles. The van der Waals surface area contributed by atoms with Gasteiger partial charge in [0.15, 0.2) is 0 Å². The van der Waals surface area contributed by atoms with Crippen molar-refractivity contribution in [3.05, 3.63) is 87.1 Å². The third-order valence-electron chi connectivity index (χ3n) is 5.28. The fourth-order valence-corrected chi connectivity index (χ4v) is 4.59. The predicted molar refractivity (Wildman–Crippen MR) is 123 cm³/mol. The van der Waals surface area contributed by atoms with E-state index in [0.717, 1.165) is 10.5 Å². The van der Waals surface area contributed by atoms with Gasteiger partial charge in [-0.2, -0.15) is 5.26 Å². The number of amides is 3. The monoisotopic (exact) mass is 463 g/mol. The molecule has 1 aliphatic rings. The molecule has 0 N–H and O–H groups in total. The van der Waals surface area contributed by atoms with Gasteiger partial charge in [0.25, 0.3) is 11.8 Å². The minimum Gasteiger partial charge on any atom is -0.325 e. The van der Waals surface area contributed by atoms with E-state index in [1.165, 1.54) is 16.2 Å². The van der Waals surface area contributed by atoms with E-state index in [-0.39, 0.29) is 24.8 Å². The van der Waals surface area contributed by atoms with Crippen molar-refractivity contribution in [2.24, 2.45) is 0 Å². The molecule has 8 heteroatoms. The fraction of sp³-hybridized carbons (Fsp3) is 0.167. The average molecular weight is 464 g/mol. The lowest BCUT2D eigenvalue weighted by Crippen LogP contribution is -2.46. The number of halogens is 1. The Hall–Kier alpha value is -3.47. The summed E-state index contributed by atoms with van der Waals surface area (Å²) in [7, 11) is 0. The molecule has 4 rings (SSSR count). The molecule has 3 amide bonds. The third kappa shape index (κ3) is 4.42. The van der Waals surface area contributed by atoms with Crippen LogP contribution in [0.5, 0.6) is 0 Å². The lowest BCUT2D eigenvalue weighted by atomic mass is 10.1. The van der Waals surface area contributed by atoms with E-state index in [9.17, 15) is 14.4 Å². The van der Waals surface area contributed by atoms with Crippen LogP contribution in [0, 0.1) is 11.3 Å². The summed E-state index contributed by atoms with van der Waals surface area (Å²) in [4.78, 5) is 42.4. The minimum atomic E-state index is -0.896. The van der Waals surface area contributed by atoms with E-state index in [4.69, 9.17) is 16.9 Å². The Bertz CT molecular complexity index is 1200. The van der Waals surface area contributed by atoms with E-state index in [1.54, 1.807) is 47.8 Å². The van der Waals surface area contributed by atoms with Gasteiger partial charge in [0.1, 0.15) is 6.04 Å². The van der Waals surface area contributed by atoms with E-state index < -0.39 is 11.9 Å². The van der Waals surface area contributed by atoms with Crippen LogP contribution in [0.25, 0.3) is 0 Å². The van der Waals surface area contributed by atoms with E-state index in [1.807, 2.05) is 24.3 Å². The van der Waals surface area contributed by atoms with Crippen LogP contribution in [0.3, 0.4) is 0 Å². The molecular formula is C24H18ClN3O3S. The Morgan fingerprint density at radius 1 is 1.16 bits per heavy atom. The number of imide groups is 1. The number of benzene rings is 2. The molecular weight excluding hydrogens is 446 g/mol. The zero-order valence-electron chi connectivity index (χ0n) is 16.9. The van der Waals surface area contributed by atoms with Gasteiger partial charge in [-0.25, -0.2) is 4.90 Å². The first-order valence-electron chi connectivity index (χ1n) is 9.94. The molecule has 0 radical (unpaired) electrons. The van der Waals surface area contributed by atoms with Crippen LogP contribution in [0.1, 0.15) is 27.2 Å². The molecule has 1 atom stereocenters. The predicted octanol–water partition coefficient (Wildman–Crippen LogP) is 4.29. The first-order valence-corrected chi connectivity index (χ1v) is 11.2. The van der Waals surface area contributed by atoms with Gasteiger partial charge in [-0.15, -0.1) is 11.3 Å². The fourth-order valence-electron chi connectivity index (χ4n) is 3.70. The number of carbonyl (C=O) groups excluding carboxylic acids is 3. The highest BCUT2D eigenvalue weighted by Crippen LogP contribution is 2.28. The third-order valence-corrected chi connectivity index (χ3v) is 6.37. The van der Waals surface area contributed by atoms with Gasteiger partial charge in [-0.3, -0.25) is 14.4 Å². The molecule has 0 bridgehead atoms. The summed E-state index contributed by atoms with van der Waals surface area (Å²) in [6, 6.07) is 18.2. The summed E-state index contributed by atoms with van der Waals surface area (Å²) in [5, 5.41) is 11.4. The number of thiophene rings is 1. The molecule has 1 fully saturated rings. The molecule has 32 heavy (non-hydrogen) atoms. The largest absolute Gasteiger partial charge is 0.325 e. The molecule has 2 heterocycles. The van der Waals surface area contributed by atoms with Crippen LogP contribution in [-0.4, -0.2) is 35.2 Å². The Labute approximate surface area is 194 Å². The molecule has 2 aromatic carbocycles. The van der Waals surface area contributed by atoms with Crippen LogP contribution in [0.2, 0.25) is 5.02 Å². The maximum atomic E-state index is 13.3. The van der Waals surface area contributed by atoms with Crippen LogP contribution in [0.15, 0.2) is 66.0 Å². The highest BCUT2D eigenvalue weighted by atomic mass is 35.5. The Morgan fingerprint density at radius 3 is 2.59 bits per heavy atom. The van der Waals surface area contributed by atoms with Gasteiger partial charge in [-0.1, -0.05) is 29.8 Å². The van der Waals surface area contributed by atoms with Gasteiger partial charge in [-0.05, 0) is 59.8 Å². The molecule has 6 nitrogen and oxygen atoms in total. The van der Waals surface area contributed by atoms with Crippen LogP contribution in [-0.2, 0) is 16.0 Å². The minimum absolute atomic E-state index is 0.0918. The zero-order valence-corrected chi connectivity index (χ0v) is 18.5. The van der Waals surface area contributed by atoms with Gasteiger partial charge >= 0.3 is 0 Å². The topological polar surface area (TPSA) is 81.5 Å². The molecule has 3 aromatic rings. The number of hydrogen-bond acceptors (Lipinski definition) is 5. The Kier molecular flexibility index (Phi) is 6.35. The average Bonchev–Trinajstić information content (AvgIpc) is 3.43. The summed E-state index contributed by atoms with van der Waals surface area (Å²) in [5.74, 6) is -1.11. The van der Waals surface area contributed by atoms with Crippen molar-refractivity contribution in [2.75, 3.05) is 11.4 Å². The molecule has 160 valence electrons. The lowest BCUT2D eigenvalue weighted by molar-refractivity contribution is -0.122. The first kappa shape index (κ1) is 21.8. The highest BCUT2D eigenvalue weighted by molar-refractivity contribution is 7.12. The smallest absolute Gasteiger partial charge is 0.264 e. The van der Waals surface area contributed by atoms with Crippen LogP contribution < -0.4 is 4.90 Å². The van der Waals surface area contributed by atoms with Gasteiger partial charge in [0.2, 0.25) is 5.91 Å². The summed E-state index contributed by atoms with van der Waals surface area (Å²) < 4.78 is 0. The zero-order chi connectivity index (χ0) is 22.7. The molecule has 1 aliphatic heterocycles. The second-order valence-electron chi connectivity index (χ2n) is 7.30.